The van der Waals surface area contributed by atoms with Crippen LogP contribution in [0.2, 0.25) is 0 Å². The van der Waals surface area contributed by atoms with Crippen molar-refractivity contribution in [2.75, 3.05) is 13.1 Å². The van der Waals surface area contributed by atoms with Gasteiger partial charge in [-0.1, -0.05) is 11.8 Å². The van der Waals surface area contributed by atoms with Gasteiger partial charge in [-0.2, -0.15) is 5.10 Å². The second-order valence-electron chi connectivity index (χ2n) is 7.23. The predicted molar refractivity (Wildman–Crippen MR) is 95.0 cm³/mol. The molecule has 8 nitrogen and oxygen atoms in total. The smallest absolute Gasteiger partial charge is 0.410 e. The van der Waals surface area contributed by atoms with Crippen LogP contribution in [0, 0.1) is 6.92 Å². The second kappa shape index (κ2) is 6.70. The van der Waals surface area contributed by atoms with Crippen molar-refractivity contribution in [3.63, 3.8) is 0 Å². The molecule has 0 saturated carbocycles. The van der Waals surface area contributed by atoms with Crippen LogP contribution in [0.15, 0.2) is 16.0 Å². The zero-order valence-electron chi connectivity index (χ0n) is 14.9. The number of aromatic amines is 1. The number of likely N-dealkylation sites (tertiary alicyclic amines) is 1. The average Bonchev–Trinajstić information content (AvgIpc) is 2.92. The zero-order valence-corrected chi connectivity index (χ0v) is 15.7. The first-order chi connectivity index (χ1) is 11.7. The molecule has 2 aromatic heterocycles. The van der Waals surface area contributed by atoms with Gasteiger partial charge in [0.05, 0.1) is 5.69 Å². The lowest BCUT2D eigenvalue weighted by molar-refractivity contribution is 0.0220. The molecule has 0 spiro atoms. The fraction of sp³-hybridized carbons (Fsp3) is 0.625. The summed E-state index contributed by atoms with van der Waals surface area (Å²) in [5.41, 5.74) is 0.481. The summed E-state index contributed by atoms with van der Waals surface area (Å²) in [6, 6.07) is 1.73. The molecule has 1 saturated heterocycles. The number of piperidine rings is 1. The zero-order chi connectivity index (χ0) is 18.2. The number of amides is 1. The van der Waals surface area contributed by atoms with Crippen molar-refractivity contribution >= 4 is 23.4 Å². The van der Waals surface area contributed by atoms with E-state index in [1.165, 1.54) is 11.8 Å². The lowest BCUT2D eigenvalue weighted by Crippen LogP contribution is -2.43. The molecule has 136 valence electrons. The molecule has 3 rings (SSSR count). The van der Waals surface area contributed by atoms with Gasteiger partial charge in [0.2, 0.25) is 5.16 Å². The lowest BCUT2D eigenvalue weighted by Gasteiger charge is -2.33. The summed E-state index contributed by atoms with van der Waals surface area (Å²) in [7, 11) is 0. The maximum absolute atomic E-state index is 12.3. The number of ether oxygens (including phenoxy) is 1. The fourth-order valence-corrected chi connectivity index (χ4v) is 3.94. The summed E-state index contributed by atoms with van der Waals surface area (Å²) < 4.78 is 7.04. The van der Waals surface area contributed by atoms with E-state index in [1.54, 1.807) is 15.5 Å². The SMILES string of the molecule is Cc1cc2c(=O)[nH]nc(S[C@@H]3CCCN(C(=O)OC(C)(C)C)C3)n2n1. The normalized spacial score (nSPS) is 18.6. The van der Waals surface area contributed by atoms with Crippen LogP contribution < -0.4 is 5.56 Å². The van der Waals surface area contributed by atoms with Gasteiger partial charge in [-0.05, 0) is 46.6 Å². The maximum Gasteiger partial charge on any atom is 0.410 e. The van der Waals surface area contributed by atoms with Crippen molar-refractivity contribution in [1.29, 1.82) is 0 Å². The van der Waals surface area contributed by atoms with E-state index in [9.17, 15) is 9.59 Å². The molecule has 1 atom stereocenters. The highest BCUT2D eigenvalue weighted by molar-refractivity contribution is 7.99. The van der Waals surface area contributed by atoms with Crippen LogP contribution >= 0.6 is 11.8 Å². The van der Waals surface area contributed by atoms with E-state index in [0.29, 0.717) is 23.8 Å². The highest BCUT2D eigenvalue weighted by Crippen LogP contribution is 2.28. The second-order valence-corrected chi connectivity index (χ2v) is 8.49. The first-order valence-corrected chi connectivity index (χ1v) is 9.20. The molecule has 0 aliphatic carbocycles. The van der Waals surface area contributed by atoms with Gasteiger partial charge in [-0.25, -0.2) is 14.4 Å². The quantitative estimate of drug-likeness (QED) is 0.877. The Morgan fingerprint density at radius 1 is 1.44 bits per heavy atom. The monoisotopic (exact) mass is 365 g/mol. The van der Waals surface area contributed by atoms with Crippen molar-refractivity contribution in [3.05, 3.63) is 22.1 Å². The number of thioether (sulfide) groups is 1. The molecule has 1 amide bonds. The molecule has 0 aromatic carbocycles. The minimum atomic E-state index is -0.504. The Morgan fingerprint density at radius 2 is 2.20 bits per heavy atom. The summed E-state index contributed by atoms with van der Waals surface area (Å²) in [6.45, 7) is 8.71. The minimum Gasteiger partial charge on any atom is -0.444 e. The molecular formula is C16H23N5O3S. The molecule has 25 heavy (non-hydrogen) atoms. The standard InChI is InChI=1S/C16H23N5O3S/c1-10-8-12-13(22)17-18-14(21(12)19-10)25-11-6-5-7-20(9-11)15(23)24-16(2,3)4/h8,11H,5-7,9H2,1-4H3,(H,17,22)/t11-/m1/s1. The Hall–Kier alpha value is -2.03. The van der Waals surface area contributed by atoms with E-state index < -0.39 is 5.60 Å². The van der Waals surface area contributed by atoms with Crippen LogP contribution in [-0.4, -0.2) is 54.7 Å². The Bertz CT molecular complexity index is 838. The molecule has 2 aromatic rings. The van der Waals surface area contributed by atoms with E-state index >= 15 is 0 Å². The third-order valence-corrected chi connectivity index (χ3v) is 4.99. The molecule has 0 unspecified atom stereocenters. The Balaban J connectivity index is 1.74. The molecule has 1 aliphatic rings. The molecule has 0 radical (unpaired) electrons. The Labute approximate surface area is 149 Å². The van der Waals surface area contributed by atoms with Crippen LogP contribution in [-0.2, 0) is 4.74 Å². The third-order valence-electron chi connectivity index (χ3n) is 3.80. The molecule has 1 aliphatic heterocycles. The maximum atomic E-state index is 12.3. The number of aryl methyl sites for hydroxylation is 1. The van der Waals surface area contributed by atoms with Crippen molar-refractivity contribution < 1.29 is 9.53 Å². The van der Waals surface area contributed by atoms with Crippen LogP contribution in [0.3, 0.4) is 0 Å². The third kappa shape index (κ3) is 4.15. The number of carbonyl (C=O) groups is 1. The first kappa shape index (κ1) is 17.8. The summed E-state index contributed by atoms with van der Waals surface area (Å²) in [6.07, 6.45) is 1.58. The number of rotatable bonds is 2. The van der Waals surface area contributed by atoms with Gasteiger partial charge >= 0.3 is 6.09 Å². The van der Waals surface area contributed by atoms with E-state index in [2.05, 4.69) is 15.3 Å². The number of aromatic nitrogens is 4. The Kier molecular flexibility index (Phi) is 4.77. The molecule has 1 N–H and O–H groups in total. The van der Waals surface area contributed by atoms with Crippen LogP contribution in [0.5, 0.6) is 0 Å². The van der Waals surface area contributed by atoms with Gasteiger partial charge in [-0.3, -0.25) is 4.79 Å². The van der Waals surface area contributed by atoms with Crippen LogP contribution in [0.4, 0.5) is 4.79 Å². The van der Waals surface area contributed by atoms with Gasteiger partial charge in [0.1, 0.15) is 11.1 Å². The number of hydrogen-bond acceptors (Lipinski definition) is 6. The van der Waals surface area contributed by atoms with Crippen molar-refractivity contribution in [1.82, 2.24) is 24.7 Å². The van der Waals surface area contributed by atoms with Gasteiger partial charge in [0.25, 0.3) is 5.56 Å². The van der Waals surface area contributed by atoms with Gasteiger partial charge in [0, 0.05) is 18.3 Å². The van der Waals surface area contributed by atoms with Crippen molar-refractivity contribution in [2.24, 2.45) is 0 Å². The van der Waals surface area contributed by atoms with Crippen molar-refractivity contribution in [2.45, 2.75) is 56.5 Å². The van der Waals surface area contributed by atoms with Gasteiger partial charge in [-0.15, -0.1) is 5.10 Å². The molecule has 1 fully saturated rings. The molecular weight excluding hydrogens is 342 g/mol. The topological polar surface area (TPSA) is 92.6 Å². The molecule has 0 bridgehead atoms. The predicted octanol–water partition coefficient (Wildman–Crippen LogP) is 2.22. The number of carbonyl (C=O) groups excluding carboxylic acids is 1. The summed E-state index contributed by atoms with van der Waals surface area (Å²) in [5.74, 6) is 0. The summed E-state index contributed by atoms with van der Waals surface area (Å²) >= 11 is 1.52. The number of nitrogens with one attached hydrogen (secondary N) is 1. The van der Waals surface area contributed by atoms with Crippen LogP contribution in [0.1, 0.15) is 39.3 Å². The first-order valence-electron chi connectivity index (χ1n) is 8.32. The summed E-state index contributed by atoms with van der Waals surface area (Å²) in [4.78, 5) is 25.9. The Morgan fingerprint density at radius 3 is 2.92 bits per heavy atom. The van der Waals surface area contributed by atoms with E-state index in [1.807, 2.05) is 27.7 Å². The van der Waals surface area contributed by atoms with Gasteiger partial charge < -0.3 is 9.64 Å². The highest BCUT2D eigenvalue weighted by atomic mass is 32.2. The number of hydrogen-bond donors (Lipinski definition) is 1. The average molecular weight is 365 g/mol. The summed E-state index contributed by atoms with van der Waals surface area (Å²) in [5, 5.41) is 11.8. The fourth-order valence-electron chi connectivity index (χ4n) is 2.76. The van der Waals surface area contributed by atoms with Crippen molar-refractivity contribution in [3.8, 4) is 0 Å². The van der Waals surface area contributed by atoms with E-state index in [0.717, 1.165) is 18.5 Å². The number of H-pyrrole nitrogens is 1. The molecule has 3 heterocycles. The highest BCUT2D eigenvalue weighted by Gasteiger charge is 2.29. The van der Waals surface area contributed by atoms with Crippen LogP contribution in [0.25, 0.3) is 5.52 Å². The molecule has 9 heteroatoms. The van der Waals surface area contributed by atoms with E-state index in [4.69, 9.17) is 4.74 Å². The number of nitrogens with zero attached hydrogens (tertiary/aromatic N) is 4. The van der Waals surface area contributed by atoms with Gasteiger partial charge in [0.15, 0.2) is 0 Å². The lowest BCUT2D eigenvalue weighted by atomic mass is 10.1. The minimum absolute atomic E-state index is 0.173. The number of fused-ring (bicyclic) bond motifs is 1. The van der Waals surface area contributed by atoms with E-state index in [-0.39, 0.29) is 16.9 Å². The largest absolute Gasteiger partial charge is 0.444 e.